The Balaban J connectivity index is 0.000000224. The first-order valence-electron chi connectivity index (χ1n) is 13.9. The fourth-order valence-corrected chi connectivity index (χ4v) is 4.17. The monoisotopic (exact) mass is 536 g/mol. The van der Waals surface area contributed by atoms with Crippen LogP contribution in [-0.2, 0) is 13.0 Å². The fraction of sp³-hybridized carbons (Fsp3) is 0.257. The molecule has 0 aliphatic carbocycles. The molecule has 2 aromatic carbocycles. The van der Waals surface area contributed by atoms with Gasteiger partial charge in [0.15, 0.2) is 0 Å². The SMILES string of the molecule is C=C(C)C(=C)c1cc(-c2cncc(CN3CCC3)c2)ccc1N.CC.Cc1ccc(Cc2ccc(F)cc2)nc1. The predicted molar refractivity (Wildman–Crippen MR) is 167 cm³/mol. The van der Waals surface area contributed by atoms with Gasteiger partial charge in [0.25, 0.3) is 0 Å². The highest BCUT2D eigenvalue weighted by atomic mass is 19.1. The van der Waals surface area contributed by atoms with Crippen molar-refractivity contribution in [2.75, 3.05) is 18.8 Å². The molecule has 1 aliphatic rings. The van der Waals surface area contributed by atoms with Crippen LogP contribution in [-0.4, -0.2) is 28.0 Å². The second-order valence-corrected chi connectivity index (χ2v) is 9.90. The number of aromatic nitrogens is 2. The number of anilines is 1. The molecule has 1 saturated heterocycles. The molecule has 1 aliphatic heterocycles. The minimum atomic E-state index is -0.199. The number of nitrogen functional groups attached to an aromatic ring is 1. The Bertz CT molecular complexity index is 1360. The van der Waals surface area contributed by atoms with E-state index in [1.54, 1.807) is 12.1 Å². The van der Waals surface area contributed by atoms with Gasteiger partial charge in [0.1, 0.15) is 5.82 Å². The molecule has 0 spiro atoms. The van der Waals surface area contributed by atoms with Crippen molar-refractivity contribution in [3.63, 3.8) is 0 Å². The molecular formula is C35H41FN4. The summed E-state index contributed by atoms with van der Waals surface area (Å²) in [4.78, 5) is 11.1. The number of nitrogens with two attached hydrogens (primary N) is 1. The molecule has 4 aromatic rings. The molecule has 5 heteroatoms. The topological polar surface area (TPSA) is 55.0 Å². The lowest BCUT2D eigenvalue weighted by atomic mass is 9.95. The van der Waals surface area contributed by atoms with Crippen LogP contribution in [0.25, 0.3) is 16.7 Å². The van der Waals surface area contributed by atoms with Gasteiger partial charge >= 0.3 is 0 Å². The Morgan fingerprint density at radius 3 is 2.23 bits per heavy atom. The number of hydrogen-bond acceptors (Lipinski definition) is 4. The maximum absolute atomic E-state index is 12.7. The molecule has 0 amide bonds. The third kappa shape index (κ3) is 8.72. The van der Waals surface area contributed by atoms with E-state index in [2.05, 4.69) is 40.2 Å². The molecule has 0 saturated carbocycles. The first-order chi connectivity index (χ1) is 19.3. The average molecular weight is 537 g/mol. The second-order valence-electron chi connectivity index (χ2n) is 9.90. The van der Waals surface area contributed by atoms with Gasteiger partial charge in [-0.25, -0.2) is 4.39 Å². The number of halogens is 1. The van der Waals surface area contributed by atoms with Crippen molar-refractivity contribution in [3.05, 3.63) is 132 Å². The maximum Gasteiger partial charge on any atom is 0.123 e. The Hall–Kier alpha value is -4.09. The Morgan fingerprint density at radius 2 is 1.62 bits per heavy atom. The summed E-state index contributed by atoms with van der Waals surface area (Å²) in [6.07, 6.45) is 7.75. The molecule has 0 unspecified atom stereocenters. The van der Waals surface area contributed by atoms with Gasteiger partial charge in [-0.05, 0) is 97.6 Å². The molecule has 0 atom stereocenters. The molecule has 208 valence electrons. The summed E-state index contributed by atoms with van der Waals surface area (Å²) in [6.45, 7) is 19.4. The van der Waals surface area contributed by atoms with Crippen molar-refractivity contribution in [1.82, 2.24) is 14.9 Å². The predicted octanol–water partition coefficient (Wildman–Crippen LogP) is 8.27. The van der Waals surface area contributed by atoms with Gasteiger partial charge in [-0.15, -0.1) is 0 Å². The van der Waals surface area contributed by atoms with E-state index in [4.69, 9.17) is 5.73 Å². The van der Waals surface area contributed by atoms with Crippen LogP contribution in [0.15, 0.2) is 98.0 Å². The molecule has 4 nitrogen and oxygen atoms in total. The van der Waals surface area contributed by atoms with Crippen LogP contribution in [0.5, 0.6) is 0 Å². The lowest BCUT2D eigenvalue weighted by molar-refractivity contribution is 0.172. The van der Waals surface area contributed by atoms with E-state index >= 15 is 0 Å². The molecule has 2 aromatic heterocycles. The lowest BCUT2D eigenvalue weighted by Gasteiger charge is -2.30. The van der Waals surface area contributed by atoms with E-state index in [9.17, 15) is 4.39 Å². The molecule has 40 heavy (non-hydrogen) atoms. The fourth-order valence-electron chi connectivity index (χ4n) is 4.17. The van der Waals surface area contributed by atoms with Gasteiger partial charge < -0.3 is 5.73 Å². The van der Waals surface area contributed by atoms with Gasteiger partial charge in [0.05, 0.1) is 0 Å². The van der Waals surface area contributed by atoms with Gasteiger partial charge in [0.2, 0.25) is 0 Å². The molecular weight excluding hydrogens is 495 g/mol. The number of nitrogens with zero attached hydrogens (tertiary/aromatic N) is 3. The number of benzene rings is 2. The zero-order valence-corrected chi connectivity index (χ0v) is 24.3. The van der Waals surface area contributed by atoms with Crippen LogP contribution >= 0.6 is 0 Å². The van der Waals surface area contributed by atoms with E-state index in [0.717, 1.165) is 63.3 Å². The molecule has 2 N–H and O–H groups in total. The van der Waals surface area contributed by atoms with E-state index in [1.165, 1.54) is 37.2 Å². The summed E-state index contributed by atoms with van der Waals surface area (Å²) < 4.78 is 12.7. The van der Waals surface area contributed by atoms with Crippen molar-refractivity contribution in [2.45, 2.75) is 47.1 Å². The average Bonchev–Trinajstić information content (AvgIpc) is 2.95. The first kappa shape index (κ1) is 30.5. The minimum Gasteiger partial charge on any atom is -0.398 e. The standard InChI is InChI=1S/C20H23N3.C13H12FN.C2H6/c1-14(2)15(3)19-10-17(5-6-20(19)21)18-9-16(11-22-12-18)13-23-7-4-8-23;1-10-2-7-13(15-9-10)8-11-3-5-12(14)6-4-11;1-2/h5-6,9-12H,1,3-4,7-8,13,21H2,2H3;2-7,9H,8H2,1H3;1-2H3. The Labute approximate surface area is 239 Å². The van der Waals surface area contributed by atoms with E-state index in [-0.39, 0.29) is 5.82 Å². The van der Waals surface area contributed by atoms with E-state index in [0.29, 0.717) is 0 Å². The summed E-state index contributed by atoms with van der Waals surface area (Å²) in [7, 11) is 0. The molecule has 1 fully saturated rings. The van der Waals surface area contributed by atoms with Gasteiger partial charge in [-0.1, -0.05) is 56.8 Å². The number of pyridine rings is 2. The smallest absolute Gasteiger partial charge is 0.123 e. The molecule has 5 rings (SSSR count). The first-order valence-corrected chi connectivity index (χ1v) is 13.9. The number of rotatable bonds is 7. The second kappa shape index (κ2) is 14.9. The van der Waals surface area contributed by atoms with Crippen LogP contribution in [0, 0.1) is 12.7 Å². The summed E-state index contributed by atoms with van der Waals surface area (Å²) in [5.74, 6) is -0.199. The third-order valence-electron chi connectivity index (χ3n) is 6.65. The summed E-state index contributed by atoms with van der Waals surface area (Å²) in [5.41, 5.74) is 16.3. The largest absolute Gasteiger partial charge is 0.398 e. The Morgan fingerprint density at radius 1 is 0.900 bits per heavy atom. The normalized spacial score (nSPS) is 12.2. The highest BCUT2D eigenvalue weighted by Gasteiger charge is 2.14. The molecule has 0 bridgehead atoms. The summed E-state index contributed by atoms with van der Waals surface area (Å²) in [5, 5.41) is 0. The maximum atomic E-state index is 12.7. The van der Waals surface area contributed by atoms with Crippen LogP contribution in [0.4, 0.5) is 10.1 Å². The lowest BCUT2D eigenvalue weighted by Crippen LogP contribution is -2.36. The summed E-state index contributed by atoms with van der Waals surface area (Å²) >= 11 is 0. The van der Waals surface area contributed by atoms with Gasteiger partial charge in [-0.2, -0.15) is 0 Å². The number of hydrogen-bond donors (Lipinski definition) is 1. The van der Waals surface area contributed by atoms with Crippen molar-refractivity contribution >= 4 is 11.3 Å². The number of allylic oxidation sites excluding steroid dienone is 2. The van der Waals surface area contributed by atoms with Crippen LogP contribution in [0.3, 0.4) is 0 Å². The van der Waals surface area contributed by atoms with Crippen molar-refractivity contribution in [3.8, 4) is 11.1 Å². The molecule has 0 radical (unpaired) electrons. The third-order valence-corrected chi connectivity index (χ3v) is 6.65. The molecule has 3 heterocycles. The van der Waals surface area contributed by atoms with Crippen molar-refractivity contribution in [1.29, 1.82) is 0 Å². The van der Waals surface area contributed by atoms with Gasteiger partial charge in [0, 0.05) is 54.1 Å². The van der Waals surface area contributed by atoms with Crippen LogP contribution < -0.4 is 5.73 Å². The highest BCUT2D eigenvalue weighted by molar-refractivity contribution is 5.85. The minimum absolute atomic E-state index is 0.199. The zero-order valence-electron chi connectivity index (χ0n) is 24.3. The van der Waals surface area contributed by atoms with Crippen LogP contribution in [0.2, 0.25) is 0 Å². The van der Waals surface area contributed by atoms with E-state index < -0.39 is 0 Å². The Kier molecular flexibility index (Phi) is 11.3. The van der Waals surface area contributed by atoms with E-state index in [1.807, 2.05) is 70.6 Å². The highest BCUT2D eigenvalue weighted by Crippen LogP contribution is 2.30. The quantitative estimate of drug-likeness (QED) is 0.191. The van der Waals surface area contributed by atoms with Gasteiger partial charge in [-0.3, -0.25) is 14.9 Å². The van der Waals surface area contributed by atoms with Crippen molar-refractivity contribution < 1.29 is 4.39 Å². The summed E-state index contributed by atoms with van der Waals surface area (Å²) in [6, 6.07) is 18.8. The van der Waals surface area contributed by atoms with Crippen LogP contribution in [0.1, 0.15) is 55.1 Å². The van der Waals surface area contributed by atoms with Crippen molar-refractivity contribution in [2.24, 2.45) is 0 Å². The zero-order chi connectivity index (χ0) is 29.1. The number of likely N-dealkylation sites (tertiary alicyclic amines) is 1. The number of aryl methyl sites for hydroxylation is 1.